The van der Waals surface area contributed by atoms with Gasteiger partial charge in [-0.25, -0.2) is 9.97 Å². The summed E-state index contributed by atoms with van der Waals surface area (Å²) in [5.41, 5.74) is 11.6. The van der Waals surface area contributed by atoms with Gasteiger partial charge in [0.25, 0.3) is 0 Å². The van der Waals surface area contributed by atoms with Crippen molar-refractivity contribution >= 4 is 41.0 Å². The van der Waals surface area contributed by atoms with Gasteiger partial charge >= 0.3 is 0 Å². The molecular weight excluding hydrogens is 306 g/mol. The van der Waals surface area contributed by atoms with Crippen molar-refractivity contribution in [3.63, 3.8) is 0 Å². The molecule has 8 nitrogen and oxygen atoms in total. The maximum atomic E-state index is 11.8. The number of carbonyl (C=O) groups is 2. The Labute approximate surface area is 129 Å². The second-order valence-electron chi connectivity index (χ2n) is 4.20. The summed E-state index contributed by atoms with van der Waals surface area (Å²) in [6.07, 6.45) is 0. The van der Waals surface area contributed by atoms with Crippen molar-refractivity contribution in [3.8, 4) is 0 Å². The summed E-state index contributed by atoms with van der Waals surface area (Å²) in [6.45, 7) is 0. The number of carboxylic acids is 1. The number of benzene rings is 1. The van der Waals surface area contributed by atoms with E-state index < -0.39 is 5.97 Å². The first kappa shape index (κ1) is 15.6. The third-order valence-corrected chi connectivity index (χ3v) is 3.33. The van der Waals surface area contributed by atoms with Crippen LogP contribution in [0.15, 0.2) is 35.5 Å². The van der Waals surface area contributed by atoms with E-state index in [1.54, 1.807) is 0 Å². The zero-order valence-corrected chi connectivity index (χ0v) is 12.1. The number of carbonyl (C=O) groups excluding carboxylic acids is 2. The van der Waals surface area contributed by atoms with Crippen LogP contribution in [-0.2, 0) is 4.79 Å². The van der Waals surface area contributed by atoms with Crippen LogP contribution in [0, 0.1) is 0 Å². The molecule has 9 heteroatoms. The largest absolute Gasteiger partial charge is 0.545 e. The first-order chi connectivity index (χ1) is 10.4. The van der Waals surface area contributed by atoms with Gasteiger partial charge in [0, 0.05) is 11.8 Å². The van der Waals surface area contributed by atoms with Crippen LogP contribution < -0.4 is 21.9 Å². The summed E-state index contributed by atoms with van der Waals surface area (Å²) in [7, 11) is 0. The highest BCUT2D eigenvalue weighted by atomic mass is 32.2. The molecule has 5 N–H and O–H groups in total. The first-order valence-corrected chi connectivity index (χ1v) is 7.06. The van der Waals surface area contributed by atoms with Crippen molar-refractivity contribution in [2.75, 3.05) is 22.5 Å². The average Bonchev–Trinajstić information content (AvgIpc) is 2.45. The molecule has 0 fully saturated rings. The number of anilines is 3. The number of hydrogen-bond donors (Lipinski definition) is 3. The fourth-order valence-corrected chi connectivity index (χ4v) is 2.22. The molecule has 0 saturated heterocycles. The van der Waals surface area contributed by atoms with Gasteiger partial charge in [0.05, 0.1) is 11.7 Å². The van der Waals surface area contributed by atoms with Crippen LogP contribution in [0.2, 0.25) is 0 Å². The number of aromatic nitrogens is 2. The molecule has 0 aliphatic rings. The molecule has 1 heterocycles. The van der Waals surface area contributed by atoms with Gasteiger partial charge in [-0.2, -0.15) is 0 Å². The van der Waals surface area contributed by atoms with E-state index in [0.717, 1.165) is 11.8 Å². The lowest BCUT2D eigenvalue weighted by Crippen LogP contribution is -2.22. The van der Waals surface area contributed by atoms with Gasteiger partial charge < -0.3 is 26.7 Å². The van der Waals surface area contributed by atoms with E-state index in [1.165, 1.54) is 30.3 Å². The van der Waals surface area contributed by atoms with Crippen molar-refractivity contribution in [2.24, 2.45) is 0 Å². The van der Waals surface area contributed by atoms with E-state index in [4.69, 9.17) is 11.5 Å². The van der Waals surface area contributed by atoms with E-state index in [9.17, 15) is 14.7 Å². The normalized spacial score (nSPS) is 10.2. The van der Waals surface area contributed by atoms with Crippen LogP contribution in [0.4, 0.5) is 17.3 Å². The molecule has 0 spiro atoms. The minimum atomic E-state index is -1.27. The van der Waals surface area contributed by atoms with E-state index in [1.807, 2.05) is 0 Å². The second-order valence-corrected chi connectivity index (χ2v) is 5.14. The number of hydrogen-bond acceptors (Lipinski definition) is 8. The monoisotopic (exact) mass is 318 g/mol. The number of amides is 1. The van der Waals surface area contributed by atoms with E-state index in [-0.39, 0.29) is 28.9 Å². The molecule has 1 amide bonds. The molecule has 22 heavy (non-hydrogen) atoms. The van der Waals surface area contributed by atoms with Crippen molar-refractivity contribution in [1.29, 1.82) is 0 Å². The third kappa shape index (κ3) is 4.35. The van der Waals surface area contributed by atoms with Crippen LogP contribution in [0.3, 0.4) is 0 Å². The number of nitrogens with two attached hydrogens (primary N) is 2. The van der Waals surface area contributed by atoms with Gasteiger partial charge in [0.1, 0.15) is 11.6 Å². The molecule has 0 unspecified atom stereocenters. The van der Waals surface area contributed by atoms with Crippen LogP contribution in [0.1, 0.15) is 10.4 Å². The zero-order chi connectivity index (χ0) is 16.1. The quantitative estimate of drug-likeness (QED) is 0.504. The molecular formula is C13H12N5O3S-. The lowest BCUT2D eigenvalue weighted by molar-refractivity contribution is -0.255. The fourth-order valence-electron chi connectivity index (χ4n) is 1.54. The summed E-state index contributed by atoms with van der Waals surface area (Å²) >= 11 is 1.09. The minimum absolute atomic E-state index is 0.0380. The zero-order valence-electron chi connectivity index (χ0n) is 11.3. The number of rotatable bonds is 5. The Bertz CT molecular complexity index is 685. The summed E-state index contributed by atoms with van der Waals surface area (Å²) < 4.78 is 0. The molecule has 0 bridgehead atoms. The molecule has 2 rings (SSSR count). The van der Waals surface area contributed by atoms with Crippen LogP contribution in [0.25, 0.3) is 0 Å². The number of thioether (sulfide) groups is 1. The molecule has 0 aliphatic carbocycles. The van der Waals surface area contributed by atoms with Gasteiger partial charge in [-0.05, 0) is 17.7 Å². The van der Waals surface area contributed by atoms with Crippen molar-refractivity contribution in [1.82, 2.24) is 9.97 Å². The summed E-state index contributed by atoms with van der Waals surface area (Å²) in [5.74, 6) is -1.05. The SMILES string of the molecule is Nc1cc(N)nc(SCC(=O)Nc2ccc(C(=O)[O-])cc2)n1. The maximum absolute atomic E-state index is 11.8. The van der Waals surface area contributed by atoms with E-state index >= 15 is 0 Å². The van der Waals surface area contributed by atoms with Crippen LogP contribution in [0.5, 0.6) is 0 Å². The summed E-state index contributed by atoms with van der Waals surface area (Å²) in [5, 5.41) is 13.5. The molecule has 0 aliphatic heterocycles. The van der Waals surface area contributed by atoms with Crippen molar-refractivity contribution in [2.45, 2.75) is 5.16 Å². The number of nitrogens with one attached hydrogen (secondary N) is 1. The molecule has 0 radical (unpaired) electrons. The Balaban J connectivity index is 1.91. The molecule has 0 saturated carbocycles. The van der Waals surface area contributed by atoms with Gasteiger partial charge in [-0.1, -0.05) is 23.9 Å². The summed E-state index contributed by atoms with van der Waals surface area (Å²) in [6, 6.07) is 7.06. The number of nitrogens with zero attached hydrogens (tertiary/aromatic N) is 2. The predicted octanol–water partition coefficient (Wildman–Crippen LogP) is -0.265. The van der Waals surface area contributed by atoms with Gasteiger partial charge in [-0.15, -0.1) is 0 Å². The number of aromatic carboxylic acids is 1. The highest BCUT2D eigenvalue weighted by molar-refractivity contribution is 7.99. The van der Waals surface area contributed by atoms with Gasteiger partial charge in [0.15, 0.2) is 5.16 Å². The topological polar surface area (TPSA) is 147 Å². The fraction of sp³-hybridized carbons (Fsp3) is 0.0769. The Hall–Kier alpha value is -2.81. The van der Waals surface area contributed by atoms with Gasteiger partial charge in [-0.3, -0.25) is 4.79 Å². The molecule has 114 valence electrons. The highest BCUT2D eigenvalue weighted by Gasteiger charge is 2.07. The molecule has 2 aromatic rings. The smallest absolute Gasteiger partial charge is 0.234 e. The Morgan fingerprint density at radius 1 is 1.14 bits per heavy atom. The molecule has 0 atom stereocenters. The third-order valence-electron chi connectivity index (χ3n) is 2.48. The van der Waals surface area contributed by atoms with Gasteiger partial charge in [0.2, 0.25) is 5.91 Å². The lowest BCUT2D eigenvalue weighted by Gasteiger charge is -2.07. The maximum Gasteiger partial charge on any atom is 0.234 e. The Morgan fingerprint density at radius 2 is 1.73 bits per heavy atom. The lowest BCUT2D eigenvalue weighted by atomic mass is 10.2. The minimum Gasteiger partial charge on any atom is -0.545 e. The van der Waals surface area contributed by atoms with Crippen LogP contribution in [-0.4, -0.2) is 27.6 Å². The molecule has 1 aromatic heterocycles. The Kier molecular flexibility index (Phi) is 4.79. The Morgan fingerprint density at radius 3 is 2.27 bits per heavy atom. The number of carboxylic acid groups (broad SMARTS) is 1. The second kappa shape index (κ2) is 6.76. The highest BCUT2D eigenvalue weighted by Crippen LogP contribution is 2.17. The standard InChI is InChI=1S/C13H13N5O3S/c14-9-5-10(15)18-13(17-9)22-6-11(19)16-8-3-1-7(2-4-8)12(20)21/h1-5H,6H2,(H,16,19)(H,20,21)(H4,14,15,17,18)/p-1. The van der Waals surface area contributed by atoms with Crippen molar-refractivity contribution in [3.05, 3.63) is 35.9 Å². The predicted molar refractivity (Wildman–Crippen MR) is 81.0 cm³/mol. The van der Waals surface area contributed by atoms with Crippen LogP contribution >= 0.6 is 11.8 Å². The summed E-state index contributed by atoms with van der Waals surface area (Å²) in [4.78, 5) is 30.3. The molecule has 1 aromatic carbocycles. The van der Waals surface area contributed by atoms with E-state index in [0.29, 0.717) is 10.8 Å². The first-order valence-electron chi connectivity index (χ1n) is 6.08. The number of nitrogen functional groups attached to an aromatic ring is 2. The van der Waals surface area contributed by atoms with Crippen molar-refractivity contribution < 1.29 is 14.7 Å². The van der Waals surface area contributed by atoms with E-state index in [2.05, 4.69) is 15.3 Å². The average molecular weight is 318 g/mol.